The van der Waals surface area contributed by atoms with Gasteiger partial charge < -0.3 is 15.4 Å². The SMILES string of the molecule is CCCCC(=O)NC1(C(=O)OC)CC(C)(C)NC(C)(C)C1. The first kappa shape index (κ1) is 18.0. The van der Waals surface area contributed by atoms with Gasteiger partial charge in [-0.25, -0.2) is 4.79 Å². The van der Waals surface area contributed by atoms with E-state index in [9.17, 15) is 9.59 Å². The highest BCUT2D eigenvalue weighted by molar-refractivity contribution is 5.88. The van der Waals surface area contributed by atoms with Crippen LogP contribution in [0.1, 0.15) is 66.7 Å². The second-order valence-corrected chi connectivity index (χ2v) is 7.47. The summed E-state index contributed by atoms with van der Waals surface area (Å²) in [6.45, 7) is 10.2. The zero-order valence-corrected chi connectivity index (χ0v) is 14.3. The Labute approximate surface area is 128 Å². The van der Waals surface area contributed by atoms with Crippen molar-refractivity contribution in [2.24, 2.45) is 0 Å². The highest BCUT2D eigenvalue weighted by atomic mass is 16.5. The van der Waals surface area contributed by atoms with Gasteiger partial charge in [-0.05, 0) is 47.0 Å². The minimum Gasteiger partial charge on any atom is -0.467 e. The molecule has 1 aliphatic rings. The first-order chi connectivity index (χ1) is 9.56. The number of methoxy groups -OCH3 is 1. The summed E-state index contributed by atoms with van der Waals surface area (Å²) in [6, 6.07) is 0. The van der Waals surface area contributed by atoms with Gasteiger partial charge in [0.15, 0.2) is 0 Å². The molecule has 0 radical (unpaired) electrons. The van der Waals surface area contributed by atoms with Crippen molar-refractivity contribution in [3.63, 3.8) is 0 Å². The monoisotopic (exact) mass is 298 g/mol. The number of hydrogen-bond donors (Lipinski definition) is 2. The van der Waals surface area contributed by atoms with Crippen LogP contribution in [0.4, 0.5) is 0 Å². The van der Waals surface area contributed by atoms with Crippen LogP contribution in [0.2, 0.25) is 0 Å². The first-order valence-electron chi connectivity index (χ1n) is 7.75. The third kappa shape index (κ3) is 4.70. The lowest BCUT2D eigenvalue weighted by Crippen LogP contribution is -2.70. The summed E-state index contributed by atoms with van der Waals surface area (Å²) in [4.78, 5) is 24.6. The predicted octanol–water partition coefficient (Wildman–Crippen LogP) is 2.15. The van der Waals surface area contributed by atoms with Gasteiger partial charge in [0, 0.05) is 17.5 Å². The molecule has 0 bridgehead atoms. The van der Waals surface area contributed by atoms with Crippen LogP contribution in [0.3, 0.4) is 0 Å². The van der Waals surface area contributed by atoms with Gasteiger partial charge in [0.05, 0.1) is 7.11 Å². The van der Waals surface area contributed by atoms with Crippen LogP contribution in [0.25, 0.3) is 0 Å². The third-order valence-electron chi connectivity index (χ3n) is 3.88. The van der Waals surface area contributed by atoms with Crippen LogP contribution in [-0.4, -0.2) is 35.6 Å². The van der Waals surface area contributed by atoms with Crippen LogP contribution in [0, 0.1) is 0 Å². The molecular formula is C16H30N2O3. The summed E-state index contributed by atoms with van der Waals surface area (Å²) in [7, 11) is 1.38. The molecule has 1 heterocycles. The number of unbranched alkanes of at least 4 members (excludes halogenated alkanes) is 1. The highest BCUT2D eigenvalue weighted by Gasteiger charge is 2.53. The first-order valence-corrected chi connectivity index (χ1v) is 7.75. The fraction of sp³-hybridized carbons (Fsp3) is 0.875. The lowest BCUT2D eigenvalue weighted by Gasteiger charge is -2.51. The quantitative estimate of drug-likeness (QED) is 0.763. The Kier molecular flexibility index (Phi) is 5.42. The Morgan fingerprint density at radius 1 is 1.14 bits per heavy atom. The minimum atomic E-state index is -0.947. The van der Waals surface area contributed by atoms with E-state index in [1.54, 1.807) is 0 Å². The summed E-state index contributed by atoms with van der Waals surface area (Å²) in [5.41, 5.74) is -1.46. The van der Waals surface area contributed by atoms with Gasteiger partial charge in [-0.2, -0.15) is 0 Å². The van der Waals surface area contributed by atoms with E-state index in [2.05, 4.69) is 10.6 Å². The normalized spacial score (nSPS) is 22.4. The molecule has 0 aromatic carbocycles. The average molecular weight is 298 g/mol. The lowest BCUT2D eigenvalue weighted by atomic mass is 9.70. The third-order valence-corrected chi connectivity index (χ3v) is 3.88. The predicted molar refractivity (Wildman–Crippen MR) is 82.9 cm³/mol. The van der Waals surface area contributed by atoms with Gasteiger partial charge in [-0.3, -0.25) is 4.79 Å². The molecule has 5 nitrogen and oxygen atoms in total. The van der Waals surface area contributed by atoms with Crippen molar-refractivity contribution in [2.75, 3.05) is 7.11 Å². The molecule has 21 heavy (non-hydrogen) atoms. The van der Waals surface area contributed by atoms with E-state index in [0.717, 1.165) is 12.8 Å². The number of nitrogens with one attached hydrogen (secondary N) is 2. The van der Waals surface area contributed by atoms with Crippen molar-refractivity contribution in [1.29, 1.82) is 0 Å². The number of carbonyl (C=O) groups is 2. The molecule has 0 aromatic heterocycles. The molecule has 0 unspecified atom stereocenters. The van der Waals surface area contributed by atoms with Crippen molar-refractivity contribution in [2.45, 2.75) is 83.3 Å². The molecule has 0 spiro atoms. The Hall–Kier alpha value is -1.10. The average Bonchev–Trinajstić information content (AvgIpc) is 2.31. The molecule has 1 saturated heterocycles. The highest BCUT2D eigenvalue weighted by Crippen LogP contribution is 2.37. The number of hydrogen-bond acceptors (Lipinski definition) is 4. The largest absolute Gasteiger partial charge is 0.467 e. The van der Waals surface area contributed by atoms with Gasteiger partial charge in [-0.15, -0.1) is 0 Å². The van der Waals surface area contributed by atoms with Crippen molar-refractivity contribution in [1.82, 2.24) is 10.6 Å². The Morgan fingerprint density at radius 3 is 2.10 bits per heavy atom. The van der Waals surface area contributed by atoms with Gasteiger partial charge >= 0.3 is 5.97 Å². The van der Waals surface area contributed by atoms with Gasteiger partial charge in [0.25, 0.3) is 0 Å². The van der Waals surface area contributed by atoms with E-state index in [1.807, 2.05) is 34.6 Å². The van der Waals surface area contributed by atoms with Gasteiger partial charge in [0.1, 0.15) is 5.54 Å². The Morgan fingerprint density at radius 2 is 1.67 bits per heavy atom. The molecule has 0 atom stereocenters. The second-order valence-electron chi connectivity index (χ2n) is 7.47. The number of rotatable bonds is 5. The molecule has 2 N–H and O–H groups in total. The minimum absolute atomic E-state index is 0.0734. The van der Waals surface area contributed by atoms with E-state index >= 15 is 0 Å². The molecule has 0 aromatic rings. The van der Waals surface area contributed by atoms with Crippen LogP contribution < -0.4 is 10.6 Å². The topological polar surface area (TPSA) is 67.4 Å². The van der Waals surface area contributed by atoms with Crippen LogP contribution in [-0.2, 0) is 14.3 Å². The summed E-state index contributed by atoms with van der Waals surface area (Å²) in [5, 5.41) is 6.50. The van der Waals surface area contributed by atoms with Crippen LogP contribution >= 0.6 is 0 Å². The molecule has 0 saturated carbocycles. The summed E-state index contributed by atoms with van der Waals surface area (Å²) in [5.74, 6) is -0.425. The maximum Gasteiger partial charge on any atom is 0.331 e. The van der Waals surface area contributed by atoms with Crippen molar-refractivity contribution >= 4 is 11.9 Å². The van der Waals surface area contributed by atoms with E-state index in [0.29, 0.717) is 19.3 Å². The van der Waals surface area contributed by atoms with E-state index in [-0.39, 0.29) is 23.0 Å². The van der Waals surface area contributed by atoms with E-state index in [1.165, 1.54) is 7.11 Å². The van der Waals surface area contributed by atoms with Gasteiger partial charge in [-0.1, -0.05) is 13.3 Å². The zero-order chi connectivity index (χ0) is 16.3. The molecule has 1 fully saturated rings. The summed E-state index contributed by atoms with van der Waals surface area (Å²) >= 11 is 0. The second kappa shape index (κ2) is 6.34. The maximum atomic E-state index is 12.4. The molecule has 122 valence electrons. The summed E-state index contributed by atoms with van der Waals surface area (Å²) in [6.07, 6.45) is 3.27. The molecule has 1 amide bonds. The molecular weight excluding hydrogens is 268 g/mol. The molecule has 1 rings (SSSR count). The van der Waals surface area contributed by atoms with Crippen molar-refractivity contribution < 1.29 is 14.3 Å². The number of ether oxygens (including phenoxy) is 1. The van der Waals surface area contributed by atoms with Crippen molar-refractivity contribution in [3.05, 3.63) is 0 Å². The fourth-order valence-corrected chi connectivity index (χ4v) is 3.72. The fourth-order valence-electron chi connectivity index (χ4n) is 3.72. The summed E-state index contributed by atoms with van der Waals surface area (Å²) < 4.78 is 5.00. The van der Waals surface area contributed by atoms with E-state index < -0.39 is 5.54 Å². The maximum absolute atomic E-state index is 12.4. The number of piperidine rings is 1. The standard InChI is InChI=1S/C16H30N2O3/c1-7-8-9-12(19)17-16(13(20)21-6)10-14(2,3)18-15(4,5)11-16/h18H,7-11H2,1-6H3,(H,17,19). The Bertz CT molecular complexity index is 386. The smallest absolute Gasteiger partial charge is 0.331 e. The molecule has 0 aliphatic carbocycles. The zero-order valence-electron chi connectivity index (χ0n) is 14.3. The van der Waals surface area contributed by atoms with Crippen LogP contribution in [0.5, 0.6) is 0 Å². The Balaban J connectivity index is 3.03. The number of esters is 1. The molecule has 1 aliphatic heterocycles. The van der Waals surface area contributed by atoms with E-state index in [4.69, 9.17) is 4.74 Å². The molecule has 5 heteroatoms. The van der Waals surface area contributed by atoms with Gasteiger partial charge in [0.2, 0.25) is 5.91 Å². The number of carbonyl (C=O) groups excluding carboxylic acids is 2. The van der Waals surface area contributed by atoms with Crippen LogP contribution in [0.15, 0.2) is 0 Å². The van der Waals surface area contributed by atoms with Crippen molar-refractivity contribution in [3.8, 4) is 0 Å². The lowest BCUT2D eigenvalue weighted by molar-refractivity contribution is -0.155. The number of amides is 1.